The molecule has 2 atom stereocenters. The largest absolute Gasteiger partial charge is 0.481 e. The van der Waals surface area contributed by atoms with Gasteiger partial charge in [0, 0.05) is 24.7 Å². The molecule has 0 saturated carbocycles. The molecule has 0 aliphatic heterocycles. The summed E-state index contributed by atoms with van der Waals surface area (Å²) in [6, 6.07) is 14.5. The lowest BCUT2D eigenvalue weighted by Crippen LogP contribution is -2.13. The maximum Gasteiger partial charge on any atom is 0.389 e. The highest BCUT2D eigenvalue weighted by Crippen LogP contribution is 2.33. The third kappa shape index (κ3) is 9.19. The van der Waals surface area contributed by atoms with E-state index in [9.17, 15) is 35.9 Å². The van der Waals surface area contributed by atoms with Gasteiger partial charge in [0.15, 0.2) is 0 Å². The molecule has 0 amide bonds. The Morgan fingerprint density at radius 1 is 0.614 bits per heavy atom. The number of rotatable bonds is 13. The van der Waals surface area contributed by atoms with Crippen LogP contribution in [-0.4, -0.2) is 54.4 Å². The highest BCUT2D eigenvalue weighted by molar-refractivity contribution is 5.72. The number of H-pyrrole nitrogens is 2. The minimum Gasteiger partial charge on any atom is -0.481 e. The van der Waals surface area contributed by atoms with Gasteiger partial charge in [0.05, 0.1) is 36.6 Å². The first-order chi connectivity index (χ1) is 20.7. The van der Waals surface area contributed by atoms with Gasteiger partial charge in [0.1, 0.15) is 11.6 Å². The van der Waals surface area contributed by atoms with E-state index in [0.717, 1.165) is 11.1 Å². The van der Waals surface area contributed by atoms with Crippen LogP contribution in [0.4, 0.5) is 26.3 Å². The predicted molar refractivity (Wildman–Crippen MR) is 148 cm³/mol. The summed E-state index contributed by atoms with van der Waals surface area (Å²) < 4.78 is 76.3. The van der Waals surface area contributed by atoms with Crippen LogP contribution in [0.25, 0.3) is 33.6 Å². The summed E-state index contributed by atoms with van der Waals surface area (Å²) in [4.78, 5) is 36.6. The third-order valence-corrected chi connectivity index (χ3v) is 7.08. The van der Waals surface area contributed by atoms with Crippen molar-refractivity contribution in [3.8, 4) is 33.6 Å². The number of carboxylic acid groups (broad SMARTS) is 2. The number of aliphatic carboxylic acids is 2. The molecule has 0 spiro atoms. The Hall–Kier alpha value is -4.62. The fourth-order valence-electron chi connectivity index (χ4n) is 4.83. The molecule has 234 valence electrons. The van der Waals surface area contributed by atoms with Crippen LogP contribution in [0.1, 0.15) is 62.0 Å². The number of nitrogens with zero attached hydrogens (tertiary/aromatic N) is 2. The second-order valence-corrected chi connectivity index (χ2v) is 10.4. The number of imidazole rings is 2. The number of nitrogens with one attached hydrogen (secondary N) is 2. The molecule has 0 bridgehead atoms. The average molecular weight is 623 g/mol. The first-order valence-corrected chi connectivity index (χ1v) is 13.5. The Bertz CT molecular complexity index is 1440. The van der Waals surface area contributed by atoms with E-state index in [-0.39, 0.29) is 11.6 Å². The van der Waals surface area contributed by atoms with Gasteiger partial charge in [-0.3, -0.25) is 9.59 Å². The quantitative estimate of drug-likeness (QED) is 0.112. The van der Waals surface area contributed by atoms with E-state index in [1.165, 1.54) is 12.4 Å². The normalized spacial score (nSPS) is 13.5. The number of aromatic amines is 2. The summed E-state index contributed by atoms with van der Waals surface area (Å²) in [6.07, 6.45) is -9.95. The van der Waals surface area contributed by atoms with Crippen LogP contribution < -0.4 is 0 Å². The number of carbonyl (C=O) groups is 2. The van der Waals surface area contributed by atoms with Gasteiger partial charge in [0.2, 0.25) is 0 Å². The summed E-state index contributed by atoms with van der Waals surface area (Å²) in [6.45, 7) is 0. The monoisotopic (exact) mass is 622 g/mol. The zero-order valence-electron chi connectivity index (χ0n) is 23.0. The van der Waals surface area contributed by atoms with Crippen LogP contribution in [0.5, 0.6) is 0 Å². The first-order valence-electron chi connectivity index (χ1n) is 13.5. The van der Waals surface area contributed by atoms with Crippen LogP contribution in [0.2, 0.25) is 0 Å². The highest BCUT2D eigenvalue weighted by atomic mass is 19.4. The van der Waals surface area contributed by atoms with E-state index in [0.29, 0.717) is 22.5 Å². The number of carboxylic acids is 2. The molecule has 2 heterocycles. The van der Waals surface area contributed by atoms with Crippen LogP contribution in [-0.2, 0) is 9.59 Å². The number of halogens is 6. The van der Waals surface area contributed by atoms with Crippen LogP contribution in [0.15, 0.2) is 60.9 Å². The average Bonchev–Trinajstić information content (AvgIpc) is 3.63. The van der Waals surface area contributed by atoms with E-state index in [1.54, 1.807) is 24.3 Å². The lowest BCUT2D eigenvalue weighted by molar-refractivity contribution is -0.142. The van der Waals surface area contributed by atoms with E-state index >= 15 is 0 Å². The zero-order valence-corrected chi connectivity index (χ0v) is 23.0. The first kappa shape index (κ1) is 32.3. The summed E-state index contributed by atoms with van der Waals surface area (Å²) in [7, 11) is 0. The summed E-state index contributed by atoms with van der Waals surface area (Å²) >= 11 is 0. The molecular weight excluding hydrogens is 594 g/mol. The molecule has 14 heteroatoms. The summed E-state index contributed by atoms with van der Waals surface area (Å²) in [5, 5.41) is 18.3. The maximum absolute atomic E-state index is 12.7. The predicted octanol–water partition coefficient (Wildman–Crippen LogP) is 7.94. The van der Waals surface area contributed by atoms with Gasteiger partial charge in [-0.2, -0.15) is 26.3 Å². The molecule has 0 fully saturated rings. The molecule has 4 N–H and O–H groups in total. The Kier molecular flexibility index (Phi) is 9.80. The van der Waals surface area contributed by atoms with Crippen LogP contribution in [0.3, 0.4) is 0 Å². The van der Waals surface area contributed by atoms with Gasteiger partial charge >= 0.3 is 24.3 Å². The maximum atomic E-state index is 12.7. The van der Waals surface area contributed by atoms with Crippen LogP contribution in [0, 0.1) is 0 Å². The standard InChI is InChI=1S/C30H28F6N4O4/c31-29(32,33)11-9-21(13-25(41)42)27-37-15-23(39-27)19-5-1-17(2-6-19)18-3-7-20(8-4-18)24-16-38-28(40-24)22(14-26(43)44)10-12-30(34,35)36/h1-8,15-16,21-22H,9-14H2,(H,37,39)(H,38,40)(H,41,42)(H,43,44). The molecule has 0 radical (unpaired) electrons. The number of hydrogen-bond donors (Lipinski definition) is 4. The SMILES string of the molecule is O=C(O)CC(CCC(F)(F)F)c1ncc(-c2ccc(-c3ccc(-c4cnc(C(CCC(F)(F)F)CC(=O)O)[nH]4)cc3)cc2)[nH]1. The molecule has 0 aliphatic rings. The van der Waals surface area contributed by atoms with Crippen molar-refractivity contribution >= 4 is 11.9 Å². The van der Waals surface area contributed by atoms with Crippen molar-refractivity contribution in [3.63, 3.8) is 0 Å². The van der Waals surface area contributed by atoms with Gasteiger partial charge in [0.25, 0.3) is 0 Å². The van der Waals surface area contributed by atoms with Crippen molar-refractivity contribution < 1.29 is 46.1 Å². The fourth-order valence-corrected chi connectivity index (χ4v) is 4.83. The van der Waals surface area contributed by atoms with Gasteiger partial charge in [-0.1, -0.05) is 48.5 Å². The minimum absolute atomic E-state index is 0.169. The van der Waals surface area contributed by atoms with E-state index in [2.05, 4.69) is 19.9 Å². The number of benzene rings is 2. The Morgan fingerprint density at radius 3 is 1.23 bits per heavy atom. The van der Waals surface area contributed by atoms with E-state index in [4.69, 9.17) is 10.2 Å². The lowest BCUT2D eigenvalue weighted by Gasteiger charge is -2.14. The molecule has 4 aromatic rings. The molecule has 2 unspecified atom stereocenters. The zero-order chi connectivity index (χ0) is 32.1. The van der Waals surface area contributed by atoms with Crippen molar-refractivity contribution in [2.75, 3.05) is 0 Å². The van der Waals surface area contributed by atoms with Crippen molar-refractivity contribution in [2.24, 2.45) is 0 Å². The second-order valence-electron chi connectivity index (χ2n) is 10.4. The molecule has 2 aromatic heterocycles. The molecule has 44 heavy (non-hydrogen) atoms. The number of aromatic nitrogens is 4. The van der Waals surface area contributed by atoms with Crippen LogP contribution >= 0.6 is 0 Å². The smallest absolute Gasteiger partial charge is 0.389 e. The van der Waals surface area contributed by atoms with E-state index < -0.39 is 74.7 Å². The molecular formula is C30H28F6N4O4. The number of hydrogen-bond acceptors (Lipinski definition) is 4. The van der Waals surface area contributed by atoms with Crippen molar-refractivity contribution in [2.45, 2.75) is 62.7 Å². The fraction of sp³-hybridized carbons (Fsp3) is 0.333. The van der Waals surface area contributed by atoms with Crippen molar-refractivity contribution in [3.05, 3.63) is 72.6 Å². The Balaban J connectivity index is 1.45. The van der Waals surface area contributed by atoms with Crippen molar-refractivity contribution in [1.29, 1.82) is 0 Å². The van der Waals surface area contributed by atoms with E-state index in [1.807, 2.05) is 24.3 Å². The summed E-state index contributed by atoms with van der Waals surface area (Å²) in [5.74, 6) is -3.95. The molecule has 0 aliphatic carbocycles. The molecule has 2 aromatic carbocycles. The van der Waals surface area contributed by atoms with Gasteiger partial charge < -0.3 is 20.2 Å². The summed E-state index contributed by atoms with van der Waals surface area (Å²) in [5.41, 5.74) is 4.12. The van der Waals surface area contributed by atoms with Gasteiger partial charge in [-0.05, 0) is 35.1 Å². The Morgan fingerprint density at radius 2 is 0.932 bits per heavy atom. The van der Waals surface area contributed by atoms with Gasteiger partial charge in [-0.25, -0.2) is 9.97 Å². The molecule has 4 rings (SSSR count). The highest BCUT2D eigenvalue weighted by Gasteiger charge is 2.31. The topological polar surface area (TPSA) is 132 Å². The minimum atomic E-state index is -4.41. The van der Waals surface area contributed by atoms with Gasteiger partial charge in [-0.15, -0.1) is 0 Å². The lowest BCUT2D eigenvalue weighted by atomic mass is 9.98. The number of alkyl halides is 6. The second kappa shape index (κ2) is 13.3. The Labute approximate surface area is 247 Å². The molecule has 0 saturated heterocycles. The van der Waals surface area contributed by atoms with Crippen molar-refractivity contribution in [1.82, 2.24) is 19.9 Å². The third-order valence-electron chi connectivity index (χ3n) is 7.08. The molecule has 8 nitrogen and oxygen atoms in total.